The number of fused-ring (bicyclic) bond motifs is 1. The van der Waals surface area contributed by atoms with Gasteiger partial charge in [0.2, 0.25) is 5.91 Å². The van der Waals surface area contributed by atoms with Gasteiger partial charge in [0, 0.05) is 13.1 Å². The maximum Gasteiger partial charge on any atom is 0.324 e. The number of likely N-dealkylation sites (tertiary alicyclic amines) is 1. The van der Waals surface area contributed by atoms with Crippen molar-refractivity contribution in [3.63, 3.8) is 0 Å². The van der Waals surface area contributed by atoms with Gasteiger partial charge in [-0.25, -0.2) is 4.79 Å². The number of carbonyl (C=O) groups excluding carboxylic acids is 2. The van der Waals surface area contributed by atoms with E-state index in [2.05, 4.69) is 10.2 Å². The monoisotopic (exact) mass is 331 g/mol. The maximum absolute atomic E-state index is 11.9. The first kappa shape index (κ1) is 15.3. The molecule has 3 amide bonds. The first-order valence-electron chi connectivity index (χ1n) is 8.41. The zero-order valence-corrected chi connectivity index (χ0v) is 13.4. The summed E-state index contributed by atoms with van der Waals surface area (Å²) < 4.78 is 11.8. The van der Waals surface area contributed by atoms with Crippen LogP contribution in [0.2, 0.25) is 0 Å². The second kappa shape index (κ2) is 6.32. The summed E-state index contributed by atoms with van der Waals surface area (Å²) in [6.45, 7) is 3.00. The van der Waals surface area contributed by atoms with E-state index in [4.69, 9.17) is 9.47 Å². The topological polar surface area (TPSA) is 71.1 Å². The molecule has 2 atom stereocenters. The highest BCUT2D eigenvalue weighted by Crippen LogP contribution is 2.31. The van der Waals surface area contributed by atoms with E-state index in [1.807, 2.05) is 24.3 Å². The molecule has 128 valence electrons. The third-order valence-corrected chi connectivity index (χ3v) is 4.75. The molecule has 0 radical (unpaired) electrons. The van der Waals surface area contributed by atoms with Crippen LogP contribution in [0.1, 0.15) is 12.8 Å². The van der Waals surface area contributed by atoms with E-state index < -0.39 is 0 Å². The molecular weight excluding hydrogens is 310 g/mol. The lowest BCUT2D eigenvalue weighted by atomic mass is 10.0. The SMILES string of the molecule is O=C1CNC(=O)N1C1CCCN(CC2COc3ccccc3O2)C1. The molecule has 0 aromatic heterocycles. The Bertz CT molecular complexity index is 634. The molecule has 7 nitrogen and oxygen atoms in total. The van der Waals surface area contributed by atoms with Gasteiger partial charge in [-0.3, -0.25) is 14.6 Å². The summed E-state index contributed by atoms with van der Waals surface area (Å²) in [5, 5.41) is 2.60. The van der Waals surface area contributed by atoms with Gasteiger partial charge >= 0.3 is 6.03 Å². The molecule has 3 heterocycles. The van der Waals surface area contributed by atoms with Crippen molar-refractivity contribution < 1.29 is 19.1 Å². The van der Waals surface area contributed by atoms with E-state index in [0.717, 1.165) is 37.4 Å². The number of urea groups is 1. The average molecular weight is 331 g/mol. The minimum atomic E-state index is -0.266. The molecule has 1 N–H and O–H groups in total. The number of carbonyl (C=O) groups is 2. The van der Waals surface area contributed by atoms with Crippen LogP contribution in [0.4, 0.5) is 4.79 Å². The second-order valence-corrected chi connectivity index (χ2v) is 6.48. The van der Waals surface area contributed by atoms with Crippen molar-refractivity contribution in [2.45, 2.75) is 25.0 Å². The number of nitrogens with one attached hydrogen (secondary N) is 1. The van der Waals surface area contributed by atoms with Gasteiger partial charge in [0.05, 0.1) is 12.6 Å². The second-order valence-electron chi connectivity index (χ2n) is 6.48. The summed E-state index contributed by atoms with van der Waals surface area (Å²) >= 11 is 0. The van der Waals surface area contributed by atoms with Crippen LogP contribution < -0.4 is 14.8 Å². The number of rotatable bonds is 3. The minimum absolute atomic E-state index is 0.0400. The molecular formula is C17H21N3O4. The summed E-state index contributed by atoms with van der Waals surface area (Å²) in [5.41, 5.74) is 0. The molecule has 0 saturated carbocycles. The van der Waals surface area contributed by atoms with E-state index in [-0.39, 0.29) is 30.6 Å². The molecule has 0 aliphatic carbocycles. The number of ether oxygens (including phenoxy) is 2. The van der Waals surface area contributed by atoms with Crippen LogP contribution in [-0.2, 0) is 4.79 Å². The fourth-order valence-electron chi connectivity index (χ4n) is 3.65. The van der Waals surface area contributed by atoms with Crippen LogP contribution in [0.15, 0.2) is 24.3 Å². The lowest BCUT2D eigenvalue weighted by Crippen LogP contribution is -2.53. The van der Waals surface area contributed by atoms with Gasteiger partial charge < -0.3 is 14.8 Å². The Hall–Kier alpha value is -2.28. The molecule has 3 aliphatic rings. The van der Waals surface area contributed by atoms with E-state index in [0.29, 0.717) is 13.2 Å². The maximum atomic E-state index is 11.9. The lowest BCUT2D eigenvalue weighted by molar-refractivity contribution is -0.127. The number of hydrogen-bond donors (Lipinski definition) is 1. The molecule has 2 fully saturated rings. The van der Waals surface area contributed by atoms with Crippen molar-refractivity contribution in [3.05, 3.63) is 24.3 Å². The Morgan fingerprint density at radius 2 is 2.04 bits per heavy atom. The fourth-order valence-corrected chi connectivity index (χ4v) is 3.65. The highest BCUT2D eigenvalue weighted by atomic mass is 16.6. The lowest BCUT2D eigenvalue weighted by Gasteiger charge is -2.38. The predicted molar refractivity (Wildman–Crippen MR) is 86.1 cm³/mol. The quantitative estimate of drug-likeness (QED) is 0.831. The average Bonchev–Trinajstić information content (AvgIpc) is 2.94. The Morgan fingerprint density at radius 1 is 1.21 bits per heavy atom. The van der Waals surface area contributed by atoms with Crippen molar-refractivity contribution in [1.29, 1.82) is 0 Å². The van der Waals surface area contributed by atoms with Crippen LogP contribution in [0, 0.1) is 0 Å². The van der Waals surface area contributed by atoms with Crippen molar-refractivity contribution in [2.24, 2.45) is 0 Å². The summed E-state index contributed by atoms with van der Waals surface area (Å²) in [7, 11) is 0. The third kappa shape index (κ3) is 2.91. The molecule has 24 heavy (non-hydrogen) atoms. The fraction of sp³-hybridized carbons (Fsp3) is 0.529. The summed E-state index contributed by atoms with van der Waals surface area (Å²) in [5.74, 6) is 1.43. The zero-order valence-electron chi connectivity index (χ0n) is 13.4. The molecule has 0 spiro atoms. The Kier molecular flexibility index (Phi) is 4.02. The van der Waals surface area contributed by atoms with E-state index in [1.54, 1.807) is 0 Å². The van der Waals surface area contributed by atoms with Crippen molar-refractivity contribution in [3.8, 4) is 11.5 Å². The first-order chi connectivity index (χ1) is 11.7. The molecule has 2 unspecified atom stereocenters. The van der Waals surface area contributed by atoms with E-state index >= 15 is 0 Å². The standard InChI is InChI=1S/C17H21N3O4/c21-16-8-18-17(22)20(16)12-4-3-7-19(9-12)10-13-11-23-14-5-1-2-6-15(14)24-13/h1-2,5-6,12-13H,3-4,7-11H2,(H,18,22). The Balaban J connectivity index is 1.37. The molecule has 4 rings (SSSR count). The van der Waals surface area contributed by atoms with E-state index in [1.165, 1.54) is 4.90 Å². The number of para-hydroxylation sites is 2. The van der Waals surface area contributed by atoms with Crippen molar-refractivity contribution in [2.75, 3.05) is 32.8 Å². The van der Waals surface area contributed by atoms with Crippen LogP contribution >= 0.6 is 0 Å². The number of imide groups is 1. The zero-order chi connectivity index (χ0) is 16.5. The number of nitrogens with zero attached hydrogens (tertiary/aromatic N) is 2. The van der Waals surface area contributed by atoms with Gasteiger partial charge in [0.1, 0.15) is 12.7 Å². The molecule has 7 heteroatoms. The smallest absolute Gasteiger partial charge is 0.324 e. The van der Waals surface area contributed by atoms with Gasteiger partial charge in [-0.15, -0.1) is 0 Å². The molecule has 3 aliphatic heterocycles. The van der Waals surface area contributed by atoms with Crippen LogP contribution in [0.25, 0.3) is 0 Å². The summed E-state index contributed by atoms with van der Waals surface area (Å²) in [6.07, 6.45) is 1.79. The minimum Gasteiger partial charge on any atom is -0.486 e. The van der Waals surface area contributed by atoms with Gasteiger partial charge in [0.25, 0.3) is 0 Å². The summed E-state index contributed by atoms with van der Waals surface area (Å²) in [6, 6.07) is 7.35. The molecule has 1 aromatic carbocycles. The van der Waals surface area contributed by atoms with Crippen LogP contribution in [0.3, 0.4) is 0 Å². The largest absolute Gasteiger partial charge is 0.486 e. The number of benzene rings is 1. The highest BCUT2D eigenvalue weighted by Gasteiger charge is 2.37. The molecule has 0 bridgehead atoms. The predicted octanol–water partition coefficient (Wildman–Crippen LogP) is 0.843. The van der Waals surface area contributed by atoms with Crippen LogP contribution in [-0.4, -0.2) is 66.7 Å². The van der Waals surface area contributed by atoms with Gasteiger partial charge in [0.15, 0.2) is 11.5 Å². The van der Waals surface area contributed by atoms with Gasteiger partial charge in [-0.2, -0.15) is 0 Å². The number of hydrogen-bond acceptors (Lipinski definition) is 5. The summed E-state index contributed by atoms with van der Waals surface area (Å²) in [4.78, 5) is 27.4. The number of amides is 3. The molecule has 1 aromatic rings. The van der Waals surface area contributed by atoms with Gasteiger partial charge in [-0.1, -0.05) is 12.1 Å². The van der Waals surface area contributed by atoms with Crippen LogP contribution in [0.5, 0.6) is 11.5 Å². The Morgan fingerprint density at radius 3 is 2.83 bits per heavy atom. The first-order valence-corrected chi connectivity index (χ1v) is 8.41. The Labute approximate surface area is 140 Å². The number of piperidine rings is 1. The van der Waals surface area contributed by atoms with Gasteiger partial charge in [-0.05, 0) is 31.5 Å². The van der Waals surface area contributed by atoms with Crippen molar-refractivity contribution in [1.82, 2.24) is 15.1 Å². The highest BCUT2D eigenvalue weighted by molar-refractivity contribution is 6.02. The normalized spacial score (nSPS) is 27.2. The van der Waals surface area contributed by atoms with Crippen molar-refractivity contribution >= 4 is 11.9 Å². The molecule has 2 saturated heterocycles. The third-order valence-electron chi connectivity index (χ3n) is 4.75. The van der Waals surface area contributed by atoms with E-state index in [9.17, 15) is 9.59 Å².